The number of amides is 4. The molecule has 0 unspecified atom stereocenters. The van der Waals surface area contributed by atoms with Crippen molar-refractivity contribution < 1.29 is 14.4 Å². The molecule has 0 aliphatic carbocycles. The highest BCUT2D eigenvalue weighted by molar-refractivity contribution is 6.16. The van der Waals surface area contributed by atoms with Gasteiger partial charge in [-0.15, -0.1) is 0 Å². The SMILES string of the molecule is CC[C@@H](C)C1C(=O)NC(=O)NC1=O. The number of barbiturate groups is 1. The number of urea groups is 1. The van der Waals surface area contributed by atoms with Crippen LogP contribution in [0, 0.1) is 11.8 Å². The highest BCUT2D eigenvalue weighted by Crippen LogP contribution is 2.17. The zero-order valence-electron chi connectivity index (χ0n) is 7.59. The van der Waals surface area contributed by atoms with Gasteiger partial charge in [0, 0.05) is 0 Å². The van der Waals surface area contributed by atoms with Gasteiger partial charge >= 0.3 is 6.03 Å². The molecule has 0 aromatic rings. The summed E-state index contributed by atoms with van der Waals surface area (Å²) in [6.07, 6.45) is 0.722. The molecule has 1 atom stereocenters. The second-order valence-electron chi connectivity index (χ2n) is 3.17. The van der Waals surface area contributed by atoms with E-state index in [-0.39, 0.29) is 5.92 Å². The molecule has 1 fully saturated rings. The summed E-state index contributed by atoms with van der Waals surface area (Å²) >= 11 is 0. The molecule has 0 radical (unpaired) electrons. The lowest BCUT2D eigenvalue weighted by atomic mass is 9.89. The topological polar surface area (TPSA) is 75.3 Å². The maximum atomic E-state index is 11.2. The maximum Gasteiger partial charge on any atom is 0.328 e. The van der Waals surface area contributed by atoms with Gasteiger partial charge in [0.2, 0.25) is 11.8 Å². The Morgan fingerprint density at radius 2 is 1.69 bits per heavy atom. The van der Waals surface area contributed by atoms with Crippen molar-refractivity contribution in [2.75, 3.05) is 0 Å². The largest absolute Gasteiger partial charge is 0.328 e. The highest BCUT2D eigenvalue weighted by Gasteiger charge is 2.37. The van der Waals surface area contributed by atoms with Crippen molar-refractivity contribution in [1.82, 2.24) is 10.6 Å². The molecule has 0 aromatic heterocycles. The van der Waals surface area contributed by atoms with Crippen LogP contribution in [0.3, 0.4) is 0 Å². The van der Waals surface area contributed by atoms with E-state index >= 15 is 0 Å². The van der Waals surface area contributed by atoms with Gasteiger partial charge in [-0.05, 0) is 5.92 Å². The third kappa shape index (κ3) is 1.85. The molecule has 1 heterocycles. The number of carbonyl (C=O) groups excluding carboxylic acids is 3. The molecule has 0 saturated carbocycles. The Morgan fingerprint density at radius 1 is 1.23 bits per heavy atom. The smallest absolute Gasteiger partial charge is 0.277 e. The summed E-state index contributed by atoms with van der Waals surface area (Å²) in [4.78, 5) is 33.1. The van der Waals surface area contributed by atoms with Crippen LogP contribution in [-0.4, -0.2) is 17.8 Å². The van der Waals surface area contributed by atoms with Crippen LogP contribution in [0.15, 0.2) is 0 Å². The van der Waals surface area contributed by atoms with E-state index in [1.54, 1.807) is 6.92 Å². The van der Waals surface area contributed by atoms with Gasteiger partial charge < -0.3 is 0 Å². The Hall–Kier alpha value is -1.39. The van der Waals surface area contributed by atoms with Gasteiger partial charge in [0.1, 0.15) is 5.92 Å². The quantitative estimate of drug-likeness (QED) is 0.594. The molecule has 2 N–H and O–H groups in total. The fraction of sp³-hybridized carbons (Fsp3) is 0.625. The number of carbonyl (C=O) groups is 3. The predicted molar refractivity (Wildman–Crippen MR) is 44.6 cm³/mol. The lowest BCUT2D eigenvalue weighted by Gasteiger charge is -2.24. The summed E-state index contributed by atoms with van der Waals surface area (Å²) in [5, 5.41) is 4.13. The number of hydrogen-bond donors (Lipinski definition) is 2. The maximum absolute atomic E-state index is 11.2. The third-order valence-corrected chi connectivity index (χ3v) is 2.25. The van der Waals surface area contributed by atoms with Crippen LogP contribution in [0.5, 0.6) is 0 Å². The molecule has 4 amide bonds. The van der Waals surface area contributed by atoms with Gasteiger partial charge in [-0.2, -0.15) is 0 Å². The van der Waals surface area contributed by atoms with Gasteiger partial charge in [-0.3, -0.25) is 20.2 Å². The zero-order valence-corrected chi connectivity index (χ0v) is 7.59. The minimum absolute atomic E-state index is 0.0481. The zero-order chi connectivity index (χ0) is 10.0. The summed E-state index contributed by atoms with van der Waals surface area (Å²) in [5.74, 6) is -1.78. The second-order valence-corrected chi connectivity index (χ2v) is 3.17. The summed E-state index contributed by atoms with van der Waals surface area (Å²) < 4.78 is 0. The standard InChI is InChI=1S/C8H12N2O3/c1-3-4(2)5-6(11)9-8(13)10-7(5)12/h4-5H,3H2,1-2H3,(H2,9,10,11,12,13)/t4-/m1/s1. The van der Waals surface area contributed by atoms with Crippen molar-refractivity contribution in [1.29, 1.82) is 0 Å². The number of hydrogen-bond acceptors (Lipinski definition) is 3. The summed E-state index contributed by atoms with van der Waals surface area (Å²) in [6.45, 7) is 3.70. The highest BCUT2D eigenvalue weighted by atomic mass is 16.2. The molecule has 13 heavy (non-hydrogen) atoms. The van der Waals surface area contributed by atoms with E-state index in [0.29, 0.717) is 0 Å². The van der Waals surface area contributed by atoms with Gasteiger partial charge in [-0.25, -0.2) is 4.79 Å². The van der Waals surface area contributed by atoms with Crippen LogP contribution in [0.25, 0.3) is 0 Å². The fourth-order valence-electron chi connectivity index (χ4n) is 1.28. The summed E-state index contributed by atoms with van der Waals surface area (Å²) in [6, 6.07) is -0.727. The Morgan fingerprint density at radius 3 is 2.08 bits per heavy atom. The van der Waals surface area contributed by atoms with Crippen molar-refractivity contribution in [3.8, 4) is 0 Å². The molecule has 0 spiro atoms. The van der Waals surface area contributed by atoms with Gasteiger partial charge in [0.15, 0.2) is 0 Å². The lowest BCUT2D eigenvalue weighted by molar-refractivity contribution is -0.137. The van der Waals surface area contributed by atoms with Crippen LogP contribution in [0.4, 0.5) is 4.79 Å². The van der Waals surface area contributed by atoms with Crippen molar-refractivity contribution >= 4 is 17.8 Å². The molecule has 0 bridgehead atoms. The van der Waals surface area contributed by atoms with E-state index in [2.05, 4.69) is 10.6 Å². The molecule has 5 heteroatoms. The monoisotopic (exact) mass is 184 g/mol. The first kappa shape index (κ1) is 9.70. The first-order valence-corrected chi connectivity index (χ1v) is 4.22. The summed E-state index contributed by atoms with van der Waals surface area (Å²) in [7, 11) is 0. The van der Waals surface area contributed by atoms with Crippen molar-refractivity contribution in [3.05, 3.63) is 0 Å². The van der Waals surface area contributed by atoms with Crippen LogP contribution >= 0.6 is 0 Å². The summed E-state index contributed by atoms with van der Waals surface area (Å²) in [5.41, 5.74) is 0. The average Bonchev–Trinajstić information content (AvgIpc) is 2.02. The molecule has 5 nitrogen and oxygen atoms in total. The van der Waals surface area contributed by atoms with Crippen LogP contribution < -0.4 is 10.6 Å². The second kappa shape index (κ2) is 3.55. The van der Waals surface area contributed by atoms with Gasteiger partial charge in [0.25, 0.3) is 0 Å². The molecule has 1 rings (SSSR count). The van der Waals surface area contributed by atoms with Crippen molar-refractivity contribution in [2.24, 2.45) is 11.8 Å². The molecule has 72 valence electrons. The Labute approximate surface area is 75.9 Å². The minimum Gasteiger partial charge on any atom is -0.277 e. The van der Waals surface area contributed by atoms with Gasteiger partial charge in [-0.1, -0.05) is 20.3 Å². The van der Waals surface area contributed by atoms with Crippen LogP contribution in [-0.2, 0) is 9.59 Å². The van der Waals surface area contributed by atoms with E-state index < -0.39 is 23.8 Å². The van der Waals surface area contributed by atoms with Gasteiger partial charge in [0.05, 0.1) is 0 Å². The van der Waals surface area contributed by atoms with E-state index in [1.165, 1.54) is 0 Å². The Bertz CT molecular complexity index is 242. The fourth-order valence-corrected chi connectivity index (χ4v) is 1.28. The molecule has 1 aliphatic heterocycles. The Kier molecular flexibility index (Phi) is 2.65. The molecular weight excluding hydrogens is 172 g/mol. The number of nitrogens with one attached hydrogen (secondary N) is 2. The van der Waals surface area contributed by atoms with Crippen molar-refractivity contribution in [2.45, 2.75) is 20.3 Å². The normalized spacial score (nSPS) is 20.9. The van der Waals surface area contributed by atoms with Crippen LogP contribution in [0.1, 0.15) is 20.3 Å². The molecule has 1 saturated heterocycles. The number of imide groups is 2. The van der Waals surface area contributed by atoms with E-state index in [4.69, 9.17) is 0 Å². The van der Waals surface area contributed by atoms with E-state index in [0.717, 1.165) is 6.42 Å². The molecule has 0 aromatic carbocycles. The van der Waals surface area contributed by atoms with Crippen molar-refractivity contribution in [3.63, 3.8) is 0 Å². The Balaban J connectivity index is 2.78. The first-order chi connectivity index (χ1) is 6.06. The van der Waals surface area contributed by atoms with E-state index in [1.807, 2.05) is 6.92 Å². The van der Waals surface area contributed by atoms with Crippen LogP contribution in [0.2, 0.25) is 0 Å². The average molecular weight is 184 g/mol. The predicted octanol–water partition coefficient (Wildman–Crippen LogP) is 0.0147. The third-order valence-electron chi connectivity index (χ3n) is 2.25. The molecule has 1 aliphatic rings. The van der Waals surface area contributed by atoms with E-state index in [9.17, 15) is 14.4 Å². The molecular formula is C8H12N2O3. The number of rotatable bonds is 2. The minimum atomic E-state index is -0.734. The lowest BCUT2D eigenvalue weighted by Crippen LogP contribution is -2.57. The first-order valence-electron chi connectivity index (χ1n) is 4.22.